The molecule has 0 spiro atoms. The highest BCUT2D eigenvalue weighted by Gasteiger charge is 2.22. The van der Waals surface area contributed by atoms with Gasteiger partial charge in [-0.3, -0.25) is 14.7 Å². The van der Waals surface area contributed by atoms with Crippen LogP contribution in [-0.2, 0) is 24.2 Å². The van der Waals surface area contributed by atoms with Gasteiger partial charge in [0.25, 0.3) is 0 Å². The number of fused-ring (bicyclic) bond motifs is 1. The van der Waals surface area contributed by atoms with Crippen molar-refractivity contribution in [3.63, 3.8) is 0 Å². The lowest BCUT2D eigenvalue weighted by Crippen LogP contribution is -2.33. The van der Waals surface area contributed by atoms with Gasteiger partial charge in [-0.2, -0.15) is 0 Å². The van der Waals surface area contributed by atoms with E-state index in [0.29, 0.717) is 11.2 Å². The molecule has 1 atom stereocenters. The number of aryl methyl sites for hydroxylation is 1. The van der Waals surface area contributed by atoms with E-state index in [0.717, 1.165) is 48.0 Å². The van der Waals surface area contributed by atoms with Gasteiger partial charge in [0, 0.05) is 42.8 Å². The molecular formula is C23H26N4O2S. The van der Waals surface area contributed by atoms with Gasteiger partial charge in [-0.15, -0.1) is 11.3 Å². The Hall–Kier alpha value is -2.77. The second-order valence-corrected chi connectivity index (χ2v) is 8.87. The molecule has 1 aliphatic heterocycles. The van der Waals surface area contributed by atoms with Crippen LogP contribution in [0.5, 0.6) is 11.5 Å². The summed E-state index contributed by atoms with van der Waals surface area (Å²) in [7, 11) is 0. The highest BCUT2D eigenvalue weighted by Crippen LogP contribution is 2.29. The second-order valence-electron chi connectivity index (χ2n) is 7.75. The van der Waals surface area contributed by atoms with Crippen molar-refractivity contribution in [2.75, 3.05) is 11.9 Å². The number of hydrogen-bond donors (Lipinski definition) is 1. The standard InChI is InChI=1S/C23H26N4O2S/c1-15-4-6-21(12-24-15)29-20-7-5-18-8-9-27(16(2)10-19(18)11-20)14-22-13-25-23(30-22)26-17(3)28/h4-7,11-13,16H,8-10,14H2,1-3H3,(H,25,26,28)/t16-/m1/s1. The number of rotatable bonds is 5. The normalized spacial score (nSPS) is 16.6. The first-order valence-electron chi connectivity index (χ1n) is 10.1. The van der Waals surface area contributed by atoms with E-state index in [1.165, 1.54) is 18.1 Å². The van der Waals surface area contributed by atoms with Crippen LogP contribution < -0.4 is 10.1 Å². The maximum absolute atomic E-state index is 11.2. The van der Waals surface area contributed by atoms with E-state index in [9.17, 15) is 4.79 Å². The van der Waals surface area contributed by atoms with E-state index in [1.54, 1.807) is 17.5 Å². The van der Waals surface area contributed by atoms with Crippen molar-refractivity contribution in [3.05, 3.63) is 64.4 Å². The van der Waals surface area contributed by atoms with Crippen LogP contribution >= 0.6 is 11.3 Å². The Balaban J connectivity index is 1.44. The molecule has 0 aliphatic carbocycles. The summed E-state index contributed by atoms with van der Waals surface area (Å²) in [5, 5.41) is 3.42. The number of hydrogen-bond acceptors (Lipinski definition) is 6. The number of pyridine rings is 1. The van der Waals surface area contributed by atoms with Gasteiger partial charge in [-0.25, -0.2) is 4.98 Å². The van der Waals surface area contributed by atoms with E-state index in [-0.39, 0.29) is 5.91 Å². The minimum absolute atomic E-state index is 0.0890. The molecule has 7 heteroatoms. The minimum Gasteiger partial charge on any atom is -0.456 e. The molecule has 0 unspecified atom stereocenters. The van der Waals surface area contributed by atoms with Crippen molar-refractivity contribution in [2.24, 2.45) is 0 Å². The molecule has 3 aromatic rings. The summed E-state index contributed by atoms with van der Waals surface area (Å²) in [6.07, 6.45) is 5.59. The predicted molar refractivity (Wildman–Crippen MR) is 119 cm³/mol. The maximum atomic E-state index is 11.2. The van der Waals surface area contributed by atoms with Crippen LogP contribution in [0.15, 0.2) is 42.7 Å². The van der Waals surface area contributed by atoms with Gasteiger partial charge in [0.15, 0.2) is 5.13 Å². The van der Waals surface area contributed by atoms with Gasteiger partial charge < -0.3 is 10.1 Å². The molecule has 0 fully saturated rings. The molecule has 1 N–H and O–H groups in total. The molecular weight excluding hydrogens is 396 g/mol. The van der Waals surface area contributed by atoms with E-state index >= 15 is 0 Å². The number of nitrogens with one attached hydrogen (secondary N) is 1. The zero-order valence-corrected chi connectivity index (χ0v) is 18.3. The summed E-state index contributed by atoms with van der Waals surface area (Å²) in [5.74, 6) is 1.51. The molecule has 2 aromatic heterocycles. The number of amides is 1. The smallest absolute Gasteiger partial charge is 0.223 e. The average Bonchev–Trinajstić information content (AvgIpc) is 3.07. The van der Waals surface area contributed by atoms with Crippen molar-refractivity contribution in [1.29, 1.82) is 0 Å². The summed E-state index contributed by atoms with van der Waals surface area (Å²) in [4.78, 5) is 23.5. The van der Waals surface area contributed by atoms with Crippen LogP contribution in [-0.4, -0.2) is 33.4 Å². The largest absolute Gasteiger partial charge is 0.456 e. The Labute approximate surface area is 180 Å². The van der Waals surface area contributed by atoms with Crippen molar-refractivity contribution < 1.29 is 9.53 Å². The quantitative estimate of drug-likeness (QED) is 0.652. The Morgan fingerprint density at radius 3 is 2.80 bits per heavy atom. The summed E-state index contributed by atoms with van der Waals surface area (Å²) in [6, 6.07) is 10.7. The molecule has 0 saturated heterocycles. The van der Waals surface area contributed by atoms with Crippen molar-refractivity contribution in [1.82, 2.24) is 14.9 Å². The number of anilines is 1. The molecule has 0 saturated carbocycles. The number of benzene rings is 1. The molecule has 30 heavy (non-hydrogen) atoms. The van der Waals surface area contributed by atoms with E-state index in [1.807, 2.05) is 31.3 Å². The lowest BCUT2D eigenvalue weighted by molar-refractivity contribution is -0.114. The molecule has 0 radical (unpaired) electrons. The van der Waals surface area contributed by atoms with Crippen LogP contribution in [0.3, 0.4) is 0 Å². The van der Waals surface area contributed by atoms with Gasteiger partial charge in [-0.1, -0.05) is 6.07 Å². The minimum atomic E-state index is -0.0890. The number of ether oxygens (including phenoxy) is 1. The van der Waals surface area contributed by atoms with Crippen LogP contribution in [0.4, 0.5) is 5.13 Å². The Morgan fingerprint density at radius 2 is 2.03 bits per heavy atom. The van der Waals surface area contributed by atoms with Crippen LogP contribution in [0, 0.1) is 6.92 Å². The monoisotopic (exact) mass is 422 g/mol. The van der Waals surface area contributed by atoms with Gasteiger partial charge in [0.1, 0.15) is 11.5 Å². The summed E-state index contributed by atoms with van der Waals surface area (Å²) >= 11 is 1.54. The number of aromatic nitrogens is 2. The Bertz CT molecular complexity index is 1030. The molecule has 1 amide bonds. The van der Waals surface area contributed by atoms with Gasteiger partial charge in [-0.05, 0) is 62.1 Å². The van der Waals surface area contributed by atoms with Crippen LogP contribution in [0.1, 0.15) is 35.5 Å². The van der Waals surface area contributed by atoms with Gasteiger partial charge in [0.2, 0.25) is 5.91 Å². The van der Waals surface area contributed by atoms with E-state index in [4.69, 9.17) is 4.74 Å². The molecule has 1 aromatic carbocycles. The average molecular weight is 423 g/mol. The first-order chi connectivity index (χ1) is 14.5. The molecule has 6 nitrogen and oxygen atoms in total. The fourth-order valence-electron chi connectivity index (χ4n) is 3.71. The van der Waals surface area contributed by atoms with Crippen LogP contribution in [0.2, 0.25) is 0 Å². The zero-order valence-electron chi connectivity index (χ0n) is 17.5. The zero-order chi connectivity index (χ0) is 21.1. The molecule has 156 valence electrons. The first-order valence-corrected chi connectivity index (χ1v) is 11.0. The second kappa shape index (κ2) is 8.93. The SMILES string of the molecule is CC(=O)Nc1ncc(CN2CCc3ccc(Oc4ccc(C)nc4)cc3C[C@H]2C)s1. The van der Waals surface area contributed by atoms with Crippen molar-refractivity contribution in [3.8, 4) is 11.5 Å². The van der Waals surface area contributed by atoms with Crippen LogP contribution in [0.25, 0.3) is 0 Å². The van der Waals surface area contributed by atoms with Crippen molar-refractivity contribution in [2.45, 2.75) is 46.2 Å². The third-order valence-electron chi connectivity index (χ3n) is 5.30. The van der Waals surface area contributed by atoms with E-state index < -0.39 is 0 Å². The van der Waals surface area contributed by atoms with E-state index in [2.05, 4.69) is 39.2 Å². The third kappa shape index (κ3) is 5.04. The maximum Gasteiger partial charge on any atom is 0.223 e. The number of nitrogens with zero attached hydrogens (tertiary/aromatic N) is 3. The highest BCUT2D eigenvalue weighted by molar-refractivity contribution is 7.15. The lowest BCUT2D eigenvalue weighted by Gasteiger charge is -2.26. The topological polar surface area (TPSA) is 67.4 Å². The molecule has 0 bridgehead atoms. The summed E-state index contributed by atoms with van der Waals surface area (Å²) in [6.45, 7) is 7.56. The van der Waals surface area contributed by atoms with Gasteiger partial charge >= 0.3 is 0 Å². The van der Waals surface area contributed by atoms with Gasteiger partial charge in [0.05, 0.1) is 6.20 Å². The molecule has 3 heterocycles. The fraction of sp³-hybridized carbons (Fsp3) is 0.348. The number of carbonyl (C=O) groups is 1. The fourth-order valence-corrected chi connectivity index (χ4v) is 4.59. The van der Waals surface area contributed by atoms with Crippen molar-refractivity contribution >= 4 is 22.4 Å². The summed E-state index contributed by atoms with van der Waals surface area (Å²) < 4.78 is 6.02. The first kappa shape index (κ1) is 20.5. The molecule has 4 rings (SSSR count). The lowest BCUT2D eigenvalue weighted by atomic mass is 10.0. The summed E-state index contributed by atoms with van der Waals surface area (Å²) in [5.41, 5.74) is 3.69. The predicted octanol–water partition coefficient (Wildman–Crippen LogP) is 4.59. The number of thiazole rings is 1. The third-order valence-corrected chi connectivity index (χ3v) is 6.20. The Morgan fingerprint density at radius 1 is 1.20 bits per heavy atom. The number of carbonyl (C=O) groups excluding carboxylic acids is 1. The molecule has 1 aliphatic rings. The highest BCUT2D eigenvalue weighted by atomic mass is 32.1. The Kier molecular flexibility index (Phi) is 6.11.